The van der Waals surface area contributed by atoms with Gasteiger partial charge in [-0.05, 0) is 17.5 Å². The van der Waals surface area contributed by atoms with Gasteiger partial charge in [0.2, 0.25) is 5.60 Å². The van der Waals surface area contributed by atoms with Crippen LogP contribution in [0.3, 0.4) is 0 Å². The van der Waals surface area contributed by atoms with Crippen LogP contribution in [0.15, 0.2) is 60.7 Å². The molecule has 6 heteroatoms. The van der Waals surface area contributed by atoms with E-state index in [-0.39, 0.29) is 18.9 Å². The lowest BCUT2D eigenvalue weighted by atomic mass is 9.85. The molecule has 0 radical (unpaired) electrons. The molecule has 3 fully saturated rings. The van der Waals surface area contributed by atoms with Crippen LogP contribution in [0, 0.1) is 0 Å². The molecular formula is C32H42NO5+. The Kier molecular flexibility index (Phi) is 8.49. The maximum atomic E-state index is 14.3. The first-order chi connectivity index (χ1) is 18.6. The number of carbonyl (C=O) groups excluding carboxylic acids is 2. The minimum Gasteiger partial charge on any atom is -0.459 e. The number of nitrogens with zero attached hydrogens (tertiary/aromatic N) is 1. The number of ether oxygens (including phenoxy) is 3. The van der Waals surface area contributed by atoms with Crippen molar-refractivity contribution < 1.29 is 28.3 Å². The first-order valence-corrected chi connectivity index (χ1v) is 14.6. The van der Waals surface area contributed by atoms with Gasteiger partial charge in [0.15, 0.2) is 6.79 Å². The van der Waals surface area contributed by atoms with Crippen molar-refractivity contribution in [3.05, 3.63) is 71.8 Å². The number of hydrogen-bond donors (Lipinski definition) is 0. The highest BCUT2D eigenvalue weighted by Crippen LogP contribution is 2.47. The Morgan fingerprint density at radius 3 is 2.00 bits per heavy atom. The molecule has 38 heavy (non-hydrogen) atoms. The fourth-order valence-electron chi connectivity index (χ4n) is 7.29. The van der Waals surface area contributed by atoms with Gasteiger partial charge in [-0.25, -0.2) is 4.79 Å². The second-order valence-corrected chi connectivity index (χ2v) is 11.3. The van der Waals surface area contributed by atoms with Crippen molar-refractivity contribution in [3.8, 4) is 0 Å². The molecule has 0 aliphatic carbocycles. The lowest BCUT2D eigenvalue weighted by molar-refractivity contribution is -0.956. The van der Waals surface area contributed by atoms with Gasteiger partial charge in [0, 0.05) is 44.9 Å². The van der Waals surface area contributed by atoms with Crippen molar-refractivity contribution in [2.45, 2.75) is 94.9 Å². The van der Waals surface area contributed by atoms with Gasteiger partial charge in [-0.15, -0.1) is 0 Å². The Hall–Kier alpha value is -2.70. The van der Waals surface area contributed by atoms with E-state index < -0.39 is 11.6 Å². The van der Waals surface area contributed by atoms with Gasteiger partial charge in [0.25, 0.3) is 0 Å². The van der Waals surface area contributed by atoms with Gasteiger partial charge < -0.3 is 18.7 Å². The van der Waals surface area contributed by atoms with Crippen molar-refractivity contribution in [3.63, 3.8) is 0 Å². The van der Waals surface area contributed by atoms with Gasteiger partial charge in [-0.1, -0.05) is 80.4 Å². The first-order valence-electron chi connectivity index (χ1n) is 14.6. The summed E-state index contributed by atoms with van der Waals surface area (Å²) in [6, 6.07) is 20.1. The second kappa shape index (κ2) is 12.0. The Morgan fingerprint density at radius 2 is 1.45 bits per heavy atom. The summed E-state index contributed by atoms with van der Waals surface area (Å²) in [6.07, 6.45) is 9.91. The molecule has 0 amide bonds. The lowest BCUT2D eigenvalue weighted by Gasteiger charge is -2.47. The smallest absolute Gasteiger partial charge is 0.348 e. The van der Waals surface area contributed by atoms with Crippen molar-refractivity contribution in [2.75, 3.05) is 19.9 Å². The zero-order valence-corrected chi connectivity index (χ0v) is 22.7. The molecule has 204 valence electrons. The summed E-state index contributed by atoms with van der Waals surface area (Å²) in [7, 11) is 0. The Morgan fingerprint density at radius 1 is 0.868 bits per heavy atom. The summed E-state index contributed by atoms with van der Waals surface area (Å²) >= 11 is 0. The van der Waals surface area contributed by atoms with Gasteiger partial charge in [0.05, 0.1) is 25.2 Å². The number of hydrogen-bond acceptors (Lipinski definition) is 5. The van der Waals surface area contributed by atoms with Crippen LogP contribution in [0.1, 0.15) is 82.3 Å². The van der Waals surface area contributed by atoms with E-state index >= 15 is 0 Å². The van der Waals surface area contributed by atoms with E-state index in [4.69, 9.17) is 14.2 Å². The predicted octanol–water partition coefficient (Wildman–Crippen LogP) is 5.88. The van der Waals surface area contributed by atoms with E-state index in [1.807, 2.05) is 60.7 Å². The minimum absolute atomic E-state index is 0.128. The highest BCUT2D eigenvalue weighted by Gasteiger charge is 2.56. The van der Waals surface area contributed by atoms with Gasteiger partial charge in [-0.3, -0.25) is 4.79 Å². The van der Waals surface area contributed by atoms with Crippen LogP contribution in [0.4, 0.5) is 0 Å². The van der Waals surface area contributed by atoms with Gasteiger partial charge >= 0.3 is 11.9 Å². The molecule has 0 saturated carbocycles. The zero-order chi connectivity index (χ0) is 26.4. The Bertz CT molecular complexity index is 1010. The lowest BCUT2D eigenvalue weighted by Crippen LogP contribution is -2.60. The summed E-state index contributed by atoms with van der Waals surface area (Å²) in [5.74, 6) is -0.749. The monoisotopic (exact) mass is 520 g/mol. The third-order valence-corrected chi connectivity index (χ3v) is 9.16. The molecule has 3 aliphatic rings. The molecule has 2 unspecified atom stereocenters. The third-order valence-electron chi connectivity index (χ3n) is 9.16. The van der Waals surface area contributed by atoms with Gasteiger partial charge in [0.1, 0.15) is 6.10 Å². The van der Waals surface area contributed by atoms with Crippen LogP contribution in [0.2, 0.25) is 0 Å². The largest absolute Gasteiger partial charge is 0.459 e. The fraction of sp³-hybridized carbons (Fsp3) is 0.562. The minimum atomic E-state index is -1.53. The van der Waals surface area contributed by atoms with E-state index in [0.717, 1.165) is 32.1 Å². The molecule has 3 saturated heterocycles. The number of piperidine rings is 1. The van der Waals surface area contributed by atoms with Crippen LogP contribution in [0.25, 0.3) is 0 Å². The van der Waals surface area contributed by atoms with Crippen LogP contribution in [-0.4, -0.2) is 54.5 Å². The van der Waals surface area contributed by atoms with Crippen LogP contribution in [-0.2, 0) is 29.4 Å². The molecule has 0 aromatic heterocycles. The molecule has 1 spiro atoms. The number of rotatable bonds is 11. The number of carbonyl (C=O) groups is 2. The fourth-order valence-corrected chi connectivity index (χ4v) is 7.29. The average molecular weight is 521 g/mol. The van der Waals surface area contributed by atoms with Crippen LogP contribution < -0.4 is 0 Å². The van der Waals surface area contributed by atoms with E-state index in [1.54, 1.807) is 0 Å². The SMILES string of the molecule is CCCCCC(=O)OCOC(C(=O)OC1CC2CCC(C1)[N+]21CCCC1)(c1ccccc1)c1ccccc1. The highest BCUT2D eigenvalue weighted by atomic mass is 16.7. The number of unbranched alkanes of at least 4 members (excludes halogenated alkanes) is 2. The molecular weight excluding hydrogens is 478 g/mol. The molecule has 2 bridgehead atoms. The van der Waals surface area contributed by atoms with Gasteiger partial charge in [-0.2, -0.15) is 0 Å². The molecule has 2 aromatic rings. The van der Waals surface area contributed by atoms with Crippen molar-refractivity contribution in [1.29, 1.82) is 0 Å². The van der Waals surface area contributed by atoms with E-state index in [9.17, 15) is 9.59 Å². The highest BCUT2D eigenvalue weighted by molar-refractivity contribution is 5.86. The average Bonchev–Trinajstić information content (AvgIpc) is 3.49. The number of benzene rings is 2. The molecule has 5 rings (SSSR count). The molecule has 6 nitrogen and oxygen atoms in total. The van der Waals surface area contributed by atoms with E-state index in [0.29, 0.717) is 29.6 Å². The van der Waals surface area contributed by atoms with Crippen LogP contribution >= 0.6 is 0 Å². The predicted molar refractivity (Wildman–Crippen MR) is 145 cm³/mol. The molecule has 3 heterocycles. The van der Waals surface area contributed by atoms with E-state index in [2.05, 4.69) is 6.92 Å². The van der Waals surface area contributed by atoms with Crippen LogP contribution in [0.5, 0.6) is 0 Å². The number of esters is 2. The third kappa shape index (κ3) is 5.26. The Balaban J connectivity index is 1.38. The molecule has 0 N–H and O–H groups in total. The quantitative estimate of drug-likeness (QED) is 0.160. The second-order valence-electron chi connectivity index (χ2n) is 11.3. The topological polar surface area (TPSA) is 61.8 Å². The van der Waals surface area contributed by atoms with Crippen molar-refractivity contribution in [1.82, 2.24) is 0 Å². The van der Waals surface area contributed by atoms with Crippen molar-refractivity contribution in [2.24, 2.45) is 0 Å². The maximum Gasteiger partial charge on any atom is 0.348 e. The molecule has 2 atom stereocenters. The summed E-state index contributed by atoms with van der Waals surface area (Å²) in [5, 5.41) is 0. The first kappa shape index (κ1) is 26.9. The number of quaternary nitrogens is 1. The molecule has 3 aliphatic heterocycles. The zero-order valence-electron chi connectivity index (χ0n) is 22.7. The summed E-state index contributed by atoms with van der Waals surface area (Å²) in [5.41, 5.74) is -0.192. The maximum absolute atomic E-state index is 14.3. The van der Waals surface area contributed by atoms with Crippen molar-refractivity contribution >= 4 is 11.9 Å². The normalized spacial score (nSPS) is 23.9. The van der Waals surface area contributed by atoms with E-state index in [1.165, 1.54) is 43.3 Å². The Labute approximate surface area is 226 Å². The summed E-state index contributed by atoms with van der Waals surface area (Å²) in [4.78, 5) is 26.6. The summed E-state index contributed by atoms with van der Waals surface area (Å²) < 4.78 is 19.4. The summed E-state index contributed by atoms with van der Waals surface area (Å²) in [6.45, 7) is 4.33. The molecule has 2 aromatic carbocycles. The standard InChI is InChI=1S/C32H42NO5/c1-2-3-6-17-30(34)36-24-37-32(25-13-7-4-8-14-25,26-15-9-5-10-16-26)31(35)38-29-22-27-18-19-28(23-29)33(27)20-11-12-21-33/h4-5,7-10,13-16,27-29H,2-3,6,11-12,17-24H2,1H3/q+1.